The number of hydrogen-bond acceptors (Lipinski definition) is 4. The Morgan fingerprint density at radius 2 is 1.18 bits per heavy atom. The van der Waals surface area contributed by atoms with Crippen LogP contribution in [0, 0.1) is 0 Å². The van der Waals surface area contributed by atoms with Gasteiger partial charge in [-0.3, -0.25) is 0 Å². The quantitative estimate of drug-likeness (QED) is 0.316. The second-order valence-corrected chi connectivity index (χ2v) is 1.61. The lowest BCUT2D eigenvalue weighted by Crippen LogP contribution is -2.33. The molecule has 11 heavy (non-hydrogen) atoms. The average Bonchev–Trinajstić information content (AvgIpc) is 1.59. The topological polar surface area (TPSA) is 135 Å². The van der Waals surface area contributed by atoms with Crippen molar-refractivity contribution >= 4 is 12.1 Å². The number of aliphatic hydroxyl groups is 2. The van der Waals surface area contributed by atoms with Gasteiger partial charge in [0.1, 0.15) is 0 Å². The van der Waals surface area contributed by atoms with Gasteiger partial charge in [0, 0.05) is 6.92 Å². The van der Waals surface area contributed by atoms with Crippen molar-refractivity contribution in [3.8, 4) is 0 Å². The van der Waals surface area contributed by atoms with Gasteiger partial charge in [-0.05, 0) is 0 Å². The second kappa shape index (κ2) is 4.47. The molecule has 0 aromatic heterocycles. The molecule has 0 aromatic carbocycles. The Balaban J connectivity index is 0. The number of carboxylic acids is 1. The van der Waals surface area contributed by atoms with Crippen molar-refractivity contribution < 1.29 is 35.1 Å². The minimum atomic E-state index is -2.58. The number of carboxylic acid groups (broad SMARTS) is 3. The van der Waals surface area contributed by atoms with Crippen LogP contribution in [0.5, 0.6) is 0 Å². The van der Waals surface area contributed by atoms with Gasteiger partial charge in [-0.15, -0.1) is 0 Å². The zero-order chi connectivity index (χ0) is 9.65. The molecule has 0 saturated heterocycles. The molecule has 0 spiro atoms. The summed E-state index contributed by atoms with van der Waals surface area (Å²) in [5, 5.41) is 37.8. The molecule has 0 aliphatic rings. The van der Waals surface area contributed by atoms with Crippen molar-refractivity contribution in [2.75, 3.05) is 0 Å². The van der Waals surface area contributed by atoms with E-state index in [1.807, 2.05) is 0 Å². The minimum Gasteiger partial charge on any atom is -0.477 e. The molecule has 7 nitrogen and oxygen atoms in total. The maximum Gasteiger partial charge on any atom is 0.503 e. The molecular formula is C4H8O7. The van der Waals surface area contributed by atoms with Gasteiger partial charge < -0.3 is 25.5 Å². The Morgan fingerprint density at radius 3 is 1.18 bits per heavy atom. The first-order valence-electron chi connectivity index (χ1n) is 2.28. The van der Waals surface area contributed by atoms with Crippen LogP contribution in [0.1, 0.15) is 6.92 Å². The summed E-state index contributed by atoms with van der Waals surface area (Å²) in [5.41, 5.74) is 0. The molecule has 0 bridgehead atoms. The van der Waals surface area contributed by atoms with Crippen molar-refractivity contribution in [2.24, 2.45) is 0 Å². The summed E-state index contributed by atoms with van der Waals surface area (Å²) < 4.78 is 0. The first kappa shape index (κ1) is 12.3. The molecule has 0 saturated carbocycles. The van der Waals surface area contributed by atoms with Gasteiger partial charge in [-0.25, -0.2) is 9.59 Å². The van der Waals surface area contributed by atoms with Crippen molar-refractivity contribution in [3.05, 3.63) is 0 Å². The van der Waals surface area contributed by atoms with Crippen molar-refractivity contribution in [3.63, 3.8) is 0 Å². The Bertz CT molecular complexity index is 139. The van der Waals surface area contributed by atoms with Crippen molar-refractivity contribution in [1.29, 1.82) is 0 Å². The van der Waals surface area contributed by atoms with E-state index in [-0.39, 0.29) is 0 Å². The summed E-state index contributed by atoms with van der Waals surface area (Å²) in [6.07, 6.45) is -1.83. The third-order valence-corrected chi connectivity index (χ3v) is 0.405. The van der Waals surface area contributed by atoms with Gasteiger partial charge in [-0.2, -0.15) is 0 Å². The Hall–Kier alpha value is -1.34. The van der Waals surface area contributed by atoms with Crippen LogP contribution < -0.4 is 0 Å². The molecule has 0 heterocycles. The highest BCUT2D eigenvalue weighted by molar-refractivity contribution is 5.74. The summed E-state index contributed by atoms with van der Waals surface area (Å²) >= 11 is 0. The minimum absolute atomic E-state index is 0.773. The third-order valence-electron chi connectivity index (χ3n) is 0.405. The Morgan fingerprint density at radius 1 is 1.09 bits per heavy atom. The van der Waals surface area contributed by atoms with E-state index in [0.29, 0.717) is 0 Å². The van der Waals surface area contributed by atoms with Crippen LogP contribution in [0.25, 0.3) is 0 Å². The standard InChI is InChI=1S/C3H6O4.CH2O3/c1-3(6,7)2(4)5;2-1(3)4/h6-7H,1H3,(H,4,5);(H2,2,3,4). The molecule has 0 unspecified atom stereocenters. The zero-order valence-corrected chi connectivity index (χ0v) is 5.55. The first-order valence-corrected chi connectivity index (χ1v) is 2.28. The fraction of sp³-hybridized carbons (Fsp3) is 0.500. The molecule has 66 valence electrons. The molecule has 0 aliphatic heterocycles. The van der Waals surface area contributed by atoms with Crippen molar-refractivity contribution in [1.82, 2.24) is 0 Å². The van der Waals surface area contributed by atoms with Gasteiger partial charge in [0.2, 0.25) is 0 Å². The van der Waals surface area contributed by atoms with Gasteiger partial charge >= 0.3 is 12.1 Å². The molecule has 0 fully saturated rings. The highest BCUT2D eigenvalue weighted by Gasteiger charge is 2.24. The van der Waals surface area contributed by atoms with Crippen LogP contribution in [0.15, 0.2) is 0 Å². The lowest BCUT2D eigenvalue weighted by Gasteiger charge is -2.06. The average molecular weight is 168 g/mol. The van der Waals surface area contributed by atoms with Crippen molar-refractivity contribution in [2.45, 2.75) is 12.7 Å². The normalized spacial score (nSPS) is 9.36. The highest BCUT2D eigenvalue weighted by Crippen LogP contribution is 1.93. The fourth-order valence-corrected chi connectivity index (χ4v) is 0. The predicted octanol–water partition coefficient (Wildman–Crippen LogP) is -1.01. The van der Waals surface area contributed by atoms with E-state index in [4.69, 9.17) is 30.3 Å². The third kappa shape index (κ3) is 17.7. The van der Waals surface area contributed by atoms with Crippen LogP contribution >= 0.6 is 0 Å². The van der Waals surface area contributed by atoms with Crippen LogP contribution in [0.3, 0.4) is 0 Å². The van der Waals surface area contributed by atoms with Crippen LogP contribution in [-0.4, -0.2) is 43.4 Å². The summed E-state index contributed by atoms with van der Waals surface area (Å²) in [7, 11) is 0. The lowest BCUT2D eigenvalue weighted by molar-refractivity contribution is -0.196. The van der Waals surface area contributed by atoms with E-state index in [0.717, 1.165) is 6.92 Å². The number of rotatable bonds is 1. The maximum atomic E-state index is 9.52. The molecular weight excluding hydrogens is 160 g/mol. The van der Waals surface area contributed by atoms with Crippen LogP contribution in [0.2, 0.25) is 0 Å². The molecule has 0 aromatic rings. The molecule has 0 aliphatic carbocycles. The summed E-state index contributed by atoms with van der Waals surface area (Å²) in [5.74, 6) is -4.23. The Labute approximate surface area is 61.1 Å². The van der Waals surface area contributed by atoms with E-state index in [9.17, 15) is 4.79 Å². The maximum absolute atomic E-state index is 9.52. The molecule has 0 amide bonds. The van der Waals surface area contributed by atoms with Crippen LogP contribution in [-0.2, 0) is 4.79 Å². The summed E-state index contributed by atoms with van der Waals surface area (Å²) in [6, 6.07) is 0. The SMILES string of the molecule is CC(O)(O)C(=O)O.O=C(O)O. The number of carbonyl (C=O) groups is 2. The van der Waals surface area contributed by atoms with E-state index < -0.39 is 17.9 Å². The fourth-order valence-electron chi connectivity index (χ4n) is 0. The first-order chi connectivity index (χ1) is 4.68. The lowest BCUT2D eigenvalue weighted by atomic mass is 10.3. The monoisotopic (exact) mass is 168 g/mol. The summed E-state index contributed by atoms with van der Waals surface area (Å²) in [6.45, 7) is 0.773. The predicted molar refractivity (Wildman–Crippen MR) is 31.1 cm³/mol. The van der Waals surface area contributed by atoms with Crippen LogP contribution in [0.4, 0.5) is 4.79 Å². The van der Waals surface area contributed by atoms with Gasteiger partial charge in [0.25, 0.3) is 5.79 Å². The summed E-state index contributed by atoms with van der Waals surface area (Å²) in [4.78, 5) is 18.1. The number of aliphatic carboxylic acids is 1. The van der Waals surface area contributed by atoms with E-state index in [1.54, 1.807) is 0 Å². The smallest absolute Gasteiger partial charge is 0.477 e. The second-order valence-electron chi connectivity index (χ2n) is 1.61. The number of hydrogen-bond donors (Lipinski definition) is 5. The molecule has 5 N–H and O–H groups in total. The Kier molecular flexibility index (Phi) is 5.02. The van der Waals surface area contributed by atoms with Gasteiger partial charge in [0.15, 0.2) is 0 Å². The highest BCUT2D eigenvalue weighted by atomic mass is 16.6. The molecule has 0 rings (SSSR count). The zero-order valence-electron chi connectivity index (χ0n) is 5.55. The molecule has 0 radical (unpaired) electrons. The largest absolute Gasteiger partial charge is 0.503 e. The van der Waals surface area contributed by atoms with E-state index in [2.05, 4.69) is 0 Å². The van der Waals surface area contributed by atoms with E-state index >= 15 is 0 Å². The van der Waals surface area contributed by atoms with E-state index in [1.165, 1.54) is 0 Å². The van der Waals surface area contributed by atoms with Gasteiger partial charge in [-0.1, -0.05) is 0 Å². The molecule has 7 heteroatoms. The van der Waals surface area contributed by atoms with Gasteiger partial charge in [0.05, 0.1) is 0 Å². The molecule has 0 atom stereocenters.